The van der Waals surface area contributed by atoms with Crippen LogP contribution in [0.15, 0.2) is 24.3 Å². The van der Waals surface area contributed by atoms with Gasteiger partial charge in [0.2, 0.25) is 19.1 Å². The molecule has 1 spiro atoms. The monoisotopic (exact) mass is 344 g/mol. The number of carbonyl (C=O) groups excluding carboxylic acids is 2. The number of carbonyl (C=O) groups is 2. The molecule has 0 radical (unpaired) electrons. The smallest absolute Gasteiger partial charge is 0.236 e. The minimum atomic E-state index is -0.973. The first kappa shape index (κ1) is 16.0. The number of nitrogens with one attached hydrogen (secondary N) is 1. The van der Waals surface area contributed by atoms with Gasteiger partial charge in [-0.3, -0.25) is 9.59 Å². The molecule has 0 saturated heterocycles. The second kappa shape index (κ2) is 5.77. The fourth-order valence-corrected chi connectivity index (χ4v) is 4.05. The molecule has 1 aromatic carbocycles. The second-order valence-electron chi connectivity index (χ2n) is 6.57. The first-order chi connectivity index (χ1) is 12.1. The van der Waals surface area contributed by atoms with Crippen LogP contribution in [0.2, 0.25) is 0 Å². The minimum absolute atomic E-state index is 0.122. The summed E-state index contributed by atoms with van der Waals surface area (Å²) in [5.41, 5.74) is 0.845. The first-order valence-corrected chi connectivity index (χ1v) is 8.21. The lowest BCUT2D eigenvalue weighted by atomic mass is 9.65. The summed E-state index contributed by atoms with van der Waals surface area (Å²) in [6, 6.07) is 3.42. The lowest BCUT2D eigenvalue weighted by Gasteiger charge is -2.47. The van der Waals surface area contributed by atoms with Gasteiger partial charge in [0.25, 0.3) is 0 Å². The lowest BCUT2D eigenvalue weighted by molar-refractivity contribution is -0.131. The van der Waals surface area contributed by atoms with E-state index in [9.17, 15) is 9.59 Å². The number of methoxy groups -OCH3 is 1. The van der Waals surface area contributed by atoms with Crippen molar-refractivity contribution >= 4 is 12.3 Å². The van der Waals surface area contributed by atoms with Crippen LogP contribution in [0, 0.1) is 0 Å². The minimum Gasteiger partial charge on any atom is -0.454 e. The van der Waals surface area contributed by atoms with Gasteiger partial charge in [0.05, 0.1) is 12.1 Å². The fraction of sp³-hybridized carbons (Fsp3) is 0.444. The van der Waals surface area contributed by atoms with Crippen LogP contribution in [-0.4, -0.2) is 50.3 Å². The molecule has 4 rings (SSSR count). The molecule has 7 heteroatoms. The first-order valence-electron chi connectivity index (χ1n) is 8.21. The zero-order valence-electron chi connectivity index (χ0n) is 14.2. The normalized spacial score (nSPS) is 29.3. The Labute approximate surface area is 145 Å². The summed E-state index contributed by atoms with van der Waals surface area (Å²) in [6.07, 6.45) is 4.90. The topological polar surface area (TPSA) is 77.1 Å². The average molecular weight is 344 g/mol. The quantitative estimate of drug-likeness (QED) is 0.646. The molecule has 0 fully saturated rings. The highest BCUT2D eigenvalue weighted by Crippen LogP contribution is 2.46. The number of fused-ring (bicyclic) bond motifs is 3. The molecule has 0 saturated carbocycles. The van der Waals surface area contributed by atoms with Gasteiger partial charge in [-0.1, -0.05) is 12.2 Å². The van der Waals surface area contributed by atoms with E-state index in [0.29, 0.717) is 24.5 Å². The molecule has 7 nitrogen and oxygen atoms in total. The van der Waals surface area contributed by atoms with Crippen molar-refractivity contribution in [2.45, 2.75) is 30.5 Å². The van der Waals surface area contributed by atoms with Crippen LogP contribution in [0.5, 0.6) is 11.5 Å². The van der Waals surface area contributed by atoms with Gasteiger partial charge in [0, 0.05) is 20.7 Å². The number of nitrogens with zero attached hydrogens (tertiary/aromatic N) is 1. The van der Waals surface area contributed by atoms with Crippen molar-refractivity contribution in [3.05, 3.63) is 35.4 Å². The van der Waals surface area contributed by atoms with Gasteiger partial charge in [0.1, 0.15) is 5.41 Å². The van der Waals surface area contributed by atoms with Gasteiger partial charge in [-0.05, 0) is 29.7 Å². The molecule has 1 aliphatic carbocycles. The Bertz CT molecular complexity index is 762. The lowest BCUT2D eigenvalue weighted by Crippen LogP contribution is -2.61. The summed E-state index contributed by atoms with van der Waals surface area (Å²) in [4.78, 5) is 26.1. The molecule has 25 heavy (non-hydrogen) atoms. The summed E-state index contributed by atoms with van der Waals surface area (Å²) in [6.45, 7) is 0.595. The van der Waals surface area contributed by atoms with Crippen LogP contribution in [0.25, 0.3) is 0 Å². The predicted octanol–water partition coefficient (Wildman–Crippen LogP) is 0.715. The summed E-state index contributed by atoms with van der Waals surface area (Å²) >= 11 is 0. The van der Waals surface area contributed by atoms with Crippen LogP contribution in [0.4, 0.5) is 0 Å². The zero-order valence-corrected chi connectivity index (χ0v) is 14.2. The van der Waals surface area contributed by atoms with E-state index < -0.39 is 5.41 Å². The second-order valence-corrected chi connectivity index (χ2v) is 6.57. The Hall–Kier alpha value is -2.54. The van der Waals surface area contributed by atoms with Crippen LogP contribution >= 0.6 is 0 Å². The number of hydrogen-bond acceptors (Lipinski definition) is 5. The number of amides is 2. The van der Waals surface area contributed by atoms with Crippen molar-refractivity contribution < 1.29 is 23.8 Å². The summed E-state index contributed by atoms with van der Waals surface area (Å²) in [5.74, 6) is 1.19. The molecular formula is C18H20N2O5. The van der Waals surface area contributed by atoms with E-state index in [1.807, 2.05) is 24.3 Å². The fourth-order valence-electron chi connectivity index (χ4n) is 4.05. The number of likely N-dealkylation sites (N-methyl/N-ethyl adjacent to an activating group) is 1. The van der Waals surface area contributed by atoms with Gasteiger partial charge in [-0.2, -0.15) is 0 Å². The standard InChI is InChI=1S/C18H20N2O5/c1-20(9-21)16-6-12(23-2)3-4-18(16)13-7-15-14(24-10-25-15)5-11(13)8-19-17(18)22/h3-5,7,9,12,16H,6,8,10H2,1-2H3,(H,19,22)/t12-,16-,18+/m1/s1. The van der Waals surface area contributed by atoms with Gasteiger partial charge >= 0.3 is 0 Å². The Morgan fingerprint density at radius 1 is 1.36 bits per heavy atom. The van der Waals surface area contributed by atoms with Crippen molar-refractivity contribution in [3.8, 4) is 11.5 Å². The summed E-state index contributed by atoms with van der Waals surface area (Å²) in [5, 5.41) is 2.96. The third-order valence-electron chi connectivity index (χ3n) is 5.37. The number of hydrogen-bond donors (Lipinski definition) is 1. The summed E-state index contributed by atoms with van der Waals surface area (Å²) in [7, 11) is 3.32. The van der Waals surface area contributed by atoms with E-state index in [4.69, 9.17) is 14.2 Å². The number of ether oxygens (including phenoxy) is 3. The van der Waals surface area contributed by atoms with Crippen LogP contribution in [0.1, 0.15) is 17.5 Å². The van der Waals surface area contributed by atoms with Gasteiger partial charge in [0.15, 0.2) is 11.5 Å². The molecule has 2 heterocycles. The van der Waals surface area contributed by atoms with Crippen molar-refractivity contribution in [2.75, 3.05) is 21.0 Å². The Kier molecular flexibility index (Phi) is 3.68. The van der Waals surface area contributed by atoms with E-state index in [0.717, 1.165) is 17.5 Å². The maximum absolute atomic E-state index is 13.0. The molecule has 0 unspecified atom stereocenters. The summed E-state index contributed by atoms with van der Waals surface area (Å²) < 4.78 is 16.4. The Balaban J connectivity index is 1.92. The van der Waals surface area contributed by atoms with Gasteiger partial charge in [-0.15, -0.1) is 0 Å². The van der Waals surface area contributed by atoms with Crippen LogP contribution in [0.3, 0.4) is 0 Å². The Morgan fingerprint density at radius 2 is 2.12 bits per heavy atom. The van der Waals surface area contributed by atoms with Crippen molar-refractivity contribution in [3.63, 3.8) is 0 Å². The highest BCUT2D eigenvalue weighted by molar-refractivity contribution is 5.94. The third kappa shape index (κ3) is 2.22. The van der Waals surface area contributed by atoms with Crippen LogP contribution in [-0.2, 0) is 26.3 Å². The highest BCUT2D eigenvalue weighted by atomic mass is 16.7. The molecule has 2 amide bonds. The van der Waals surface area contributed by atoms with E-state index in [1.165, 1.54) is 0 Å². The van der Waals surface area contributed by atoms with E-state index in [-0.39, 0.29) is 24.8 Å². The molecule has 2 aliphatic heterocycles. The zero-order chi connectivity index (χ0) is 17.6. The van der Waals surface area contributed by atoms with Gasteiger partial charge in [-0.25, -0.2) is 0 Å². The maximum Gasteiger partial charge on any atom is 0.236 e. The SMILES string of the molecule is CO[C@@H]1C=C[C@@]2(C(=O)NCc3cc4c(cc32)OCO4)[C@H](N(C)C=O)C1. The van der Waals surface area contributed by atoms with Crippen molar-refractivity contribution in [1.29, 1.82) is 0 Å². The molecule has 1 aromatic rings. The predicted molar refractivity (Wildman–Crippen MR) is 88.3 cm³/mol. The molecular weight excluding hydrogens is 324 g/mol. The van der Waals surface area contributed by atoms with Crippen LogP contribution < -0.4 is 14.8 Å². The van der Waals surface area contributed by atoms with E-state index >= 15 is 0 Å². The molecule has 1 N–H and O–H groups in total. The van der Waals surface area contributed by atoms with Crippen molar-refractivity contribution in [1.82, 2.24) is 10.2 Å². The van der Waals surface area contributed by atoms with Gasteiger partial charge < -0.3 is 24.4 Å². The molecule has 0 bridgehead atoms. The van der Waals surface area contributed by atoms with E-state index in [1.54, 1.807) is 19.1 Å². The highest BCUT2D eigenvalue weighted by Gasteiger charge is 2.52. The number of rotatable bonds is 3. The molecule has 3 atom stereocenters. The molecule has 132 valence electrons. The molecule has 3 aliphatic rings. The third-order valence-corrected chi connectivity index (χ3v) is 5.37. The number of benzene rings is 1. The van der Waals surface area contributed by atoms with E-state index in [2.05, 4.69) is 5.32 Å². The Morgan fingerprint density at radius 3 is 2.84 bits per heavy atom. The van der Waals surface area contributed by atoms with Crippen molar-refractivity contribution in [2.24, 2.45) is 0 Å². The maximum atomic E-state index is 13.0. The molecule has 0 aromatic heterocycles. The average Bonchev–Trinajstić information content (AvgIpc) is 3.10. The largest absolute Gasteiger partial charge is 0.454 e.